The fourth-order valence-electron chi connectivity index (χ4n) is 2.87. The molecule has 0 radical (unpaired) electrons. The number of aliphatic carboxylic acids is 1. The molecule has 1 aromatic heterocycles. The fourth-order valence-corrected chi connectivity index (χ4v) is 2.87. The third-order valence-corrected chi connectivity index (χ3v) is 4.04. The smallest absolute Gasteiger partial charge is 0.323 e. The van der Waals surface area contributed by atoms with Crippen molar-refractivity contribution in [3.05, 3.63) is 54.4 Å². The molecule has 1 aliphatic rings. The lowest BCUT2D eigenvalue weighted by atomic mass is 10.2. The van der Waals surface area contributed by atoms with Gasteiger partial charge in [-0.1, -0.05) is 18.2 Å². The molecular weight excluding hydrogens is 306 g/mol. The summed E-state index contributed by atoms with van der Waals surface area (Å²) in [5, 5.41) is 9.15. The number of carboxylic acids is 1. The van der Waals surface area contributed by atoms with Crippen molar-refractivity contribution < 1.29 is 14.7 Å². The molecule has 2 aromatic rings. The van der Waals surface area contributed by atoms with Crippen LogP contribution in [0.3, 0.4) is 0 Å². The number of nitrogens with zero attached hydrogens (tertiary/aromatic N) is 3. The second-order valence-corrected chi connectivity index (χ2v) is 5.71. The Morgan fingerprint density at radius 1 is 1.12 bits per heavy atom. The van der Waals surface area contributed by atoms with Crippen LogP contribution in [0.1, 0.15) is 23.3 Å². The summed E-state index contributed by atoms with van der Waals surface area (Å²) >= 11 is 0. The lowest BCUT2D eigenvalue weighted by molar-refractivity contribution is -0.135. The second-order valence-electron chi connectivity index (χ2n) is 5.71. The average Bonchev–Trinajstić information content (AvgIpc) is 3.14. The number of hydrogen-bond acceptors (Lipinski definition) is 4. The van der Waals surface area contributed by atoms with Crippen LogP contribution in [0, 0.1) is 0 Å². The Morgan fingerprint density at radius 2 is 1.83 bits per heavy atom. The molecule has 1 amide bonds. The molecule has 6 nitrogen and oxygen atoms in total. The van der Waals surface area contributed by atoms with Crippen LogP contribution in [0.15, 0.2) is 48.7 Å². The van der Waals surface area contributed by atoms with Gasteiger partial charge in [-0.05, 0) is 37.1 Å². The Hall–Kier alpha value is -2.89. The molecule has 0 spiro atoms. The number of carboxylic acid groups (broad SMARTS) is 1. The van der Waals surface area contributed by atoms with Crippen LogP contribution >= 0.6 is 0 Å². The van der Waals surface area contributed by atoms with Gasteiger partial charge in [0.1, 0.15) is 12.2 Å². The Bertz CT molecular complexity index is 727. The van der Waals surface area contributed by atoms with Gasteiger partial charge >= 0.3 is 5.97 Å². The highest BCUT2D eigenvalue weighted by atomic mass is 16.4. The van der Waals surface area contributed by atoms with Crippen molar-refractivity contribution in [3.63, 3.8) is 0 Å². The summed E-state index contributed by atoms with van der Waals surface area (Å²) in [5.74, 6) is -1.48. The Labute approximate surface area is 140 Å². The minimum atomic E-state index is -1.07. The highest BCUT2D eigenvalue weighted by Gasteiger charge is 2.22. The van der Waals surface area contributed by atoms with Gasteiger partial charge in [-0.3, -0.25) is 19.5 Å². The minimum absolute atomic E-state index is 0.254. The predicted molar refractivity (Wildman–Crippen MR) is 91.4 cm³/mol. The number of hydrogen-bond donors (Lipinski definition) is 1. The number of para-hydroxylation sites is 1. The van der Waals surface area contributed by atoms with Gasteiger partial charge in [-0.2, -0.15) is 0 Å². The van der Waals surface area contributed by atoms with Gasteiger partial charge in [0.05, 0.1) is 0 Å². The number of carbonyl (C=O) groups is 2. The van der Waals surface area contributed by atoms with Crippen LogP contribution in [-0.2, 0) is 4.79 Å². The first-order valence-corrected chi connectivity index (χ1v) is 7.95. The summed E-state index contributed by atoms with van der Waals surface area (Å²) in [4.78, 5) is 31.6. The molecule has 1 fully saturated rings. The van der Waals surface area contributed by atoms with Gasteiger partial charge in [-0.25, -0.2) is 0 Å². The number of benzene rings is 1. The summed E-state index contributed by atoms with van der Waals surface area (Å²) < 4.78 is 0. The molecule has 2 heterocycles. The van der Waals surface area contributed by atoms with Gasteiger partial charge in [0.25, 0.3) is 5.91 Å². The van der Waals surface area contributed by atoms with Crippen molar-refractivity contribution in [1.29, 1.82) is 0 Å². The zero-order chi connectivity index (χ0) is 16.9. The maximum Gasteiger partial charge on any atom is 0.323 e. The molecule has 0 saturated carbocycles. The average molecular weight is 325 g/mol. The molecule has 6 heteroatoms. The van der Waals surface area contributed by atoms with Gasteiger partial charge in [0.2, 0.25) is 0 Å². The lowest BCUT2D eigenvalue weighted by Crippen LogP contribution is -2.36. The molecule has 1 aromatic carbocycles. The molecule has 0 atom stereocenters. The van der Waals surface area contributed by atoms with E-state index in [1.165, 1.54) is 4.90 Å². The summed E-state index contributed by atoms with van der Waals surface area (Å²) in [5.41, 5.74) is 1.75. The molecule has 1 saturated heterocycles. The van der Waals surface area contributed by atoms with E-state index in [1.807, 2.05) is 12.1 Å². The van der Waals surface area contributed by atoms with Crippen molar-refractivity contribution >= 4 is 23.3 Å². The largest absolute Gasteiger partial charge is 0.480 e. The normalized spacial score (nSPS) is 13.8. The van der Waals surface area contributed by atoms with Crippen LogP contribution in [0.2, 0.25) is 0 Å². The molecule has 0 aliphatic carbocycles. The number of anilines is 2. The van der Waals surface area contributed by atoms with Crippen LogP contribution in [-0.4, -0.2) is 41.6 Å². The highest BCUT2D eigenvalue weighted by molar-refractivity contribution is 6.07. The third kappa shape index (κ3) is 3.53. The molecule has 124 valence electrons. The van der Waals surface area contributed by atoms with E-state index in [9.17, 15) is 9.59 Å². The minimum Gasteiger partial charge on any atom is -0.480 e. The molecular formula is C18H19N3O3. The van der Waals surface area contributed by atoms with E-state index in [0.29, 0.717) is 5.69 Å². The summed E-state index contributed by atoms with van der Waals surface area (Å²) in [6, 6.07) is 12.4. The Morgan fingerprint density at radius 3 is 2.50 bits per heavy atom. The molecule has 24 heavy (non-hydrogen) atoms. The van der Waals surface area contributed by atoms with Gasteiger partial charge in [-0.15, -0.1) is 0 Å². The van der Waals surface area contributed by atoms with Gasteiger partial charge in [0, 0.05) is 30.7 Å². The quantitative estimate of drug-likeness (QED) is 0.914. The number of aromatic nitrogens is 1. The van der Waals surface area contributed by atoms with E-state index in [4.69, 9.17) is 5.11 Å². The van der Waals surface area contributed by atoms with Crippen LogP contribution in [0.25, 0.3) is 0 Å². The van der Waals surface area contributed by atoms with Gasteiger partial charge in [0.15, 0.2) is 0 Å². The summed E-state index contributed by atoms with van der Waals surface area (Å²) in [6.45, 7) is 1.53. The molecule has 1 N–H and O–H groups in total. The van der Waals surface area contributed by atoms with Crippen molar-refractivity contribution in [1.82, 2.24) is 4.98 Å². The zero-order valence-electron chi connectivity index (χ0n) is 13.3. The second kappa shape index (κ2) is 7.12. The van der Waals surface area contributed by atoms with Crippen LogP contribution in [0.4, 0.5) is 11.4 Å². The van der Waals surface area contributed by atoms with Gasteiger partial charge < -0.3 is 10.0 Å². The van der Waals surface area contributed by atoms with E-state index in [1.54, 1.807) is 36.5 Å². The summed E-state index contributed by atoms with van der Waals surface area (Å²) in [6.07, 6.45) is 3.88. The van der Waals surface area contributed by atoms with Crippen molar-refractivity contribution in [2.45, 2.75) is 12.8 Å². The summed E-state index contributed by atoms with van der Waals surface area (Å²) in [7, 11) is 0. The van der Waals surface area contributed by atoms with Crippen LogP contribution in [0.5, 0.6) is 0 Å². The first-order valence-electron chi connectivity index (χ1n) is 7.95. The first-order chi connectivity index (χ1) is 11.6. The predicted octanol–water partition coefficient (Wildman–Crippen LogP) is 2.41. The standard InChI is InChI=1S/C18H19N3O3/c22-17(23)13-21(14-6-2-1-3-7-14)18(24)16-12-15(8-9-19-16)20-10-4-5-11-20/h1-3,6-9,12H,4-5,10-11,13H2,(H,22,23). The van der Waals surface area contributed by atoms with E-state index >= 15 is 0 Å². The van der Waals surface area contributed by atoms with Crippen LogP contribution < -0.4 is 9.80 Å². The topological polar surface area (TPSA) is 73.7 Å². The number of carbonyl (C=O) groups excluding carboxylic acids is 1. The van der Waals surface area contributed by atoms with E-state index < -0.39 is 18.4 Å². The number of pyridine rings is 1. The van der Waals surface area contributed by atoms with Crippen molar-refractivity contribution in [2.24, 2.45) is 0 Å². The Kier molecular flexibility index (Phi) is 4.74. The van der Waals surface area contributed by atoms with E-state index in [-0.39, 0.29) is 5.69 Å². The number of rotatable bonds is 5. The third-order valence-electron chi connectivity index (χ3n) is 4.04. The van der Waals surface area contributed by atoms with Crippen molar-refractivity contribution in [2.75, 3.05) is 29.4 Å². The lowest BCUT2D eigenvalue weighted by Gasteiger charge is -2.22. The molecule has 0 unspecified atom stereocenters. The molecule has 0 bridgehead atoms. The first kappa shape index (κ1) is 16.0. The molecule has 1 aliphatic heterocycles. The van der Waals surface area contributed by atoms with E-state index in [0.717, 1.165) is 31.6 Å². The van der Waals surface area contributed by atoms with E-state index in [2.05, 4.69) is 9.88 Å². The van der Waals surface area contributed by atoms with Crippen molar-refractivity contribution in [3.8, 4) is 0 Å². The monoisotopic (exact) mass is 325 g/mol. The Balaban J connectivity index is 1.89. The maximum absolute atomic E-state index is 12.8. The maximum atomic E-state index is 12.8. The SMILES string of the molecule is O=C(O)CN(C(=O)c1cc(N2CCCC2)ccn1)c1ccccc1. The zero-order valence-corrected chi connectivity index (χ0v) is 13.3. The molecule has 3 rings (SSSR count). The highest BCUT2D eigenvalue weighted by Crippen LogP contribution is 2.22. The number of amides is 1. The fraction of sp³-hybridized carbons (Fsp3) is 0.278.